The molecule has 0 aromatic heterocycles. The van der Waals surface area contributed by atoms with Crippen LogP contribution in [0.2, 0.25) is 10.0 Å². The normalized spacial score (nSPS) is 19.5. The summed E-state index contributed by atoms with van der Waals surface area (Å²) in [6.07, 6.45) is 3.87. The van der Waals surface area contributed by atoms with Crippen LogP contribution in [0.15, 0.2) is 18.2 Å². The summed E-state index contributed by atoms with van der Waals surface area (Å²) in [5.41, 5.74) is 0.552. The summed E-state index contributed by atoms with van der Waals surface area (Å²) in [6.45, 7) is 3.89. The van der Waals surface area contributed by atoms with Gasteiger partial charge >= 0.3 is 0 Å². The quantitative estimate of drug-likeness (QED) is 0.537. The van der Waals surface area contributed by atoms with E-state index >= 15 is 0 Å². The SMILES string of the molecule is CCCCS(=O)(=O)N1CCC(C(=O)N2CCC(C(=O)c3ccc(Cl)c(Cl)c3)CC2)CC1. The van der Waals surface area contributed by atoms with Crippen molar-refractivity contribution in [2.75, 3.05) is 31.9 Å². The zero-order chi connectivity index (χ0) is 22.6. The Bertz CT molecular complexity index is 906. The van der Waals surface area contributed by atoms with Gasteiger partial charge in [-0.3, -0.25) is 9.59 Å². The maximum atomic E-state index is 13.0. The van der Waals surface area contributed by atoms with E-state index in [4.69, 9.17) is 23.2 Å². The lowest BCUT2D eigenvalue weighted by Crippen LogP contribution is -2.47. The molecule has 0 N–H and O–H groups in total. The molecule has 2 saturated heterocycles. The Labute approximate surface area is 194 Å². The van der Waals surface area contributed by atoms with E-state index in [1.807, 2.05) is 11.8 Å². The van der Waals surface area contributed by atoms with Crippen molar-refractivity contribution in [3.63, 3.8) is 0 Å². The van der Waals surface area contributed by atoms with Crippen molar-refractivity contribution in [3.8, 4) is 0 Å². The topological polar surface area (TPSA) is 74.8 Å². The number of benzene rings is 1. The van der Waals surface area contributed by atoms with Crippen LogP contribution < -0.4 is 0 Å². The van der Waals surface area contributed by atoms with Crippen LogP contribution in [0.25, 0.3) is 0 Å². The zero-order valence-electron chi connectivity index (χ0n) is 17.9. The molecule has 0 radical (unpaired) electrons. The summed E-state index contributed by atoms with van der Waals surface area (Å²) in [7, 11) is -3.22. The zero-order valence-corrected chi connectivity index (χ0v) is 20.2. The van der Waals surface area contributed by atoms with Crippen molar-refractivity contribution in [2.45, 2.75) is 45.4 Å². The number of sulfonamides is 1. The summed E-state index contributed by atoms with van der Waals surface area (Å²) in [5, 5.41) is 0.783. The van der Waals surface area contributed by atoms with E-state index in [9.17, 15) is 18.0 Å². The number of carbonyl (C=O) groups excluding carboxylic acids is 2. The van der Waals surface area contributed by atoms with Crippen molar-refractivity contribution in [1.29, 1.82) is 0 Å². The molecule has 0 bridgehead atoms. The highest BCUT2D eigenvalue weighted by Crippen LogP contribution is 2.29. The Morgan fingerprint density at radius 3 is 2.16 bits per heavy atom. The monoisotopic (exact) mass is 488 g/mol. The highest BCUT2D eigenvalue weighted by molar-refractivity contribution is 7.89. The number of Topliss-reactive ketones (excluding diaryl/α,β-unsaturated/α-hetero) is 1. The molecule has 1 amide bonds. The summed E-state index contributed by atoms with van der Waals surface area (Å²) in [5.74, 6) is 0.0387. The molecule has 2 aliphatic rings. The van der Waals surface area contributed by atoms with Gasteiger partial charge in [-0.1, -0.05) is 36.5 Å². The fraction of sp³-hybridized carbons (Fsp3) is 0.636. The molecule has 3 rings (SSSR count). The van der Waals surface area contributed by atoms with Crippen LogP contribution in [0.4, 0.5) is 0 Å². The fourth-order valence-electron chi connectivity index (χ4n) is 4.34. The average Bonchev–Trinajstić information content (AvgIpc) is 2.79. The molecule has 0 saturated carbocycles. The summed E-state index contributed by atoms with van der Waals surface area (Å²) >= 11 is 12.0. The third kappa shape index (κ3) is 6.01. The number of piperidine rings is 2. The maximum Gasteiger partial charge on any atom is 0.225 e. The van der Waals surface area contributed by atoms with Crippen molar-refractivity contribution in [2.24, 2.45) is 11.8 Å². The Hall–Kier alpha value is -1.15. The molecule has 0 unspecified atom stereocenters. The van der Waals surface area contributed by atoms with E-state index in [-0.39, 0.29) is 29.3 Å². The van der Waals surface area contributed by atoms with Gasteiger partial charge in [-0.2, -0.15) is 0 Å². The lowest BCUT2D eigenvalue weighted by molar-refractivity contribution is -0.138. The molecule has 2 heterocycles. The minimum absolute atomic E-state index is 0.0382. The van der Waals surface area contributed by atoms with Gasteiger partial charge in [0, 0.05) is 43.6 Å². The number of rotatable bonds is 7. The van der Waals surface area contributed by atoms with Gasteiger partial charge in [-0.15, -0.1) is 0 Å². The summed E-state index contributed by atoms with van der Waals surface area (Å²) in [6, 6.07) is 4.92. The minimum atomic E-state index is -3.22. The van der Waals surface area contributed by atoms with Gasteiger partial charge in [0.1, 0.15) is 0 Å². The van der Waals surface area contributed by atoms with E-state index in [0.717, 1.165) is 6.42 Å². The van der Waals surface area contributed by atoms with Gasteiger partial charge < -0.3 is 4.90 Å². The number of hydrogen-bond acceptors (Lipinski definition) is 4. The first-order chi connectivity index (χ1) is 14.7. The summed E-state index contributed by atoms with van der Waals surface area (Å²) < 4.78 is 26.3. The van der Waals surface area contributed by atoms with Crippen LogP contribution in [0.1, 0.15) is 55.8 Å². The predicted octanol–water partition coefficient (Wildman–Crippen LogP) is 4.26. The molecule has 31 heavy (non-hydrogen) atoms. The van der Waals surface area contributed by atoms with Gasteiger partial charge in [0.2, 0.25) is 15.9 Å². The van der Waals surface area contributed by atoms with Crippen LogP contribution in [-0.2, 0) is 14.8 Å². The Morgan fingerprint density at radius 2 is 1.58 bits per heavy atom. The van der Waals surface area contributed by atoms with Crippen LogP contribution in [0.3, 0.4) is 0 Å². The Kier molecular flexibility index (Phi) is 8.41. The summed E-state index contributed by atoms with van der Waals surface area (Å²) in [4.78, 5) is 27.6. The predicted molar refractivity (Wildman–Crippen MR) is 123 cm³/mol. The molecule has 172 valence electrons. The average molecular weight is 489 g/mol. The van der Waals surface area contributed by atoms with Crippen LogP contribution in [0.5, 0.6) is 0 Å². The van der Waals surface area contributed by atoms with E-state index in [2.05, 4.69) is 0 Å². The minimum Gasteiger partial charge on any atom is -0.342 e. The number of halogens is 2. The van der Waals surface area contributed by atoms with Gasteiger partial charge in [-0.25, -0.2) is 12.7 Å². The largest absolute Gasteiger partial charge is 0.342 e. The first kappa shape index (κ1) is 24.5. The number of carbonyl (C=O) groups is 2. The van der Waals surface area contributed by atoms with E-state index in [0.29, 0.717) is 73.9 Å². The lowest BCUT2D eigenvalue weighted by atomic mass is 9.87. The van der Waals surface area contributed by atoms with Crippen molar-refractivity contribution in [1.82, 2.24) is 9.21 Å². The molecule has 9 heteroatoms. The number of ketones is 1. The molecule has 0 atom stereocenters. The maximum absolute atomic E-state index is 13.0. The standard InChI is InChI=1S/C22H30Cl2N2O4S/c1-2-3-14-31(29,30)26-12-8-17(9-13-26)22(28)25-10-6-16(7-11-25)21(27)18-4-5-19(23)20(24)15-18/h4-5,15-17H,2-3,6-14H2,1H3. The second-order valence-corrected chi connectivity index (χ2v) is 11.3. The fourth-order valence-corrected chi connectivity index (χ4v) is 6.32. The highest BCUT2D eigenvalue weighted by atomic mass is 35.5. The molecule has 1 aromatic rings. The number of hydrogen-bond donors (Lipinski definition) is 0. The number of unbranched alkanes of at least 4 members (excludes halogenated alkanes) is 1. The van der Waals surface area contributed by atoms with E-state index < -0.39 is 10.0 Å². The van der Waals surface area contributed by atoms with E-state index in [1.165, 1.54) is 4.31 Å². The van der Waals surface area contributed by atoms with Crippen LogP contribution in [0, 0.1) is 11.8 Å². The second kappa shape index (κ2) is 10.6. The highest BCUT2D eigenvalue weighted by Gasteiger charge is 2.35. The van der Waals surface area contributed by atoms with Crippen molar-refractivity contribution >= 4 is 44.9 Å². The van der Waals surface area contributed by atoms with Crippen LogP contribution >= 0.6 is 23.2 Å². The van der Waals surface area contributed by atoms with Gasteiger partial charge in [0.05, 0.1) is 15.8 Å². The molecule has 6 nitrogen and oxygen atoms in total. The first-order valence-corrected chi connectivity index (χ1v) is 13.3. The second-order valence-electron chi connectivity index (χ2n) is 8.44. The van der Waals surface area contributed by atoms with Gasteiger partial charge in [0.15, 0.2) is 5.78 Å². The molecule has 0 spiro atoms. The van der Waals surface area contributed by atoms with Crippen LogP contribution in [-0.4, -0.2) is 61.2 Å². The number of nitrogens with zero attached hydrogens (tertiary/aromatic N) is 2. The number of likely N-dealkylation sites (tertiary alicyclic amines) is 1. The third-order valence-electron chi connectivity index (χ3n) is 6.33. The van der Waals surface area contributed by atoms with Crippen molar-refractivity contribution < 1.29 is 18.0 Å². The molecule has 0 aliphatic carbocycles. The Balaban J connectivity index is 1.49. The van der Waals surface area contributed by atoms with Gasteiger partial charge in [0.25, 0.3) is 0 Å². The van der Waals surface area contributed by atoms with E-state index in [1.54, 1.807) is 18.2 Å². The Morgan fingerprint density at radius 1 is 0.968 bits per heavy atom. The van der Waals surface area contributed by atoms with Crippen molar-refractivity contribution in [3.05, 3.63) is 33.8 Å². The molecule has 2 aliphatic heterocycles. The molecule has 2 fully saturated rings. The molecular weight excluding hydrogens is 459 g/mol. The first-order valence-electron chi connectivity index (χ1n) is 11.0. The van der Waals surface area contributed by atoms with Gasteiger partial charge in [-0.05, 0) is 50.3 Å². The molecule has 1 aromatic carbocycles. The lowest BCUT2D eigenvalue weighted by Gasteiger charge is -2.36. The number of amides is 1. The smallest absolute Gasteiger partial charge is 0.225 e. The third-order valence-corrected chi connectivity index (χ3v) is 9.03. The molecular formula is C22H30Cl2N2O4S.